The lowest BCUT2D eigenvalue weighted by atomic mass is 9.91. The highest BCUT2D eigenvalue weighted by molar-refractivity contribution is 6.32. The van der Waals surface area contributed by atoms with Crippen LogP contribution in [0.15, 0.2) is 60.7 Å². The van der Waals surface area contributed by atoms with Gasteiger partial charge in [-0.3, -0.25) is 4.90 Å². The van der Waals surface area contributed by atoms with Crippen molar-refractivity contribution in [3.05, 3.63) is 93.1 Å². The van der Waals surface area contributed by atoms with Crippen LogP contribution < -0.4 is 9.47 Å². The van der Waals surface area contributed by atoms with Crippen molar-refractivity contribution < 1.29 is 9.47 Å². The van der Waals surface area contributed by atoms with E-state index < -0.39 is 0 Å². The van der Waals surface area contributed by atoms with E-state index in [0.717, 1.165) is 41.4 Å². The largest absolute Gasteiger partial charge is 0.454 e. The molecule has 31 heavy (non-hydrogen) atoms. The summed E-state index contributed by atoms with van der Waals surface area (Å²) in [5, 5.41) is 2.61. The van der Waals surface area contributed by atoms with Crippen molar-refractivity contribution in [1.82, 2.24) is 9.88 Å². The first-order valence-corrected chi connectivity index (χ1v) is 11.1. The van der Waals surface area contributed by atoms with E-state index in [9.17, 15) is 0 Å². The minimum absolute atomic E-state index is 0.0304. The molecule has 1 N–H and O–H groups in total. The van der Waals surface area contributed by atoms with E-state index in [0.29, 0.717) is 10.8 Å². The van der Waals surface area contributed by atoms with Gasteiger partial charge in [0, 0.05) is 45.8 Å². The molecule has 0 amide bonds. The molecule has 6 heteroatoms. The molecule has 2 aliphatic heterocycles. The second-order valence-electron chi connectivity index (χ2n) is 8.04. The smallest absolute Gasteiger partial charge is 0.231 e. The van der Waals surface area contributed by atoms with Crippen molar-refractivity contribution in [3.8, 4) is 11.5 Å². The summed E-state index contributed by atoms with van der Waals surface area (Å²) in [6.07, 6.45) is 0.946. The van der Waals surface area contributed by atoms with Crippen LogP contribution in [0.3, 0.4) is 0 Å². The van der Waals surface area contributed by atoms with Gasteiger partial charge in [0.1, 0.15) is 0 Å². The van der Waals surface area contributed by atoms with E-state index in [1.807, 2.05) is 24.3 Å². The Bertz CT molecular complexity index is 1290. The Morgan fingerprint density at radius 2 is 1.77 bits per heavy atom. The van der Waals surface area contributed by atoms with E-state index in [-0.39, 0.29) is 12.8 Å². The number of nitrogens with zero attached hydrogens (tertiary/aromatic N) is 1. The zero-order valence-electron chi connectivity index (χ0n) is 16.7. The lowest BCUT2D eigenvalue weighted by Crippen LogP contribution is -2.35. The first kappa shape index (κ1) is 19.1. The average molecular weight is 451 g/mol. The Hall–Kier alpha value is -2.66. The molecule has 4 nitrogen and oxygen atoms in total. The molecule has 0 saturated heterocycles. The van der Waals surface area contributed by atoms with Crippen LogP contribution in [0.25, 0.3) is 10.9 Å². The first-order chi connectivity index (χ1) is 15.2. The summed E-state index contributed by atoms with van der Waals surface area (Å²) >= 11 is 13.1. The summed E-state index contributed by atoms with van der Waals surface area (Å²) in [6.45, 7) is 1.96. The highest BCUT2D eigenvalue weighted by atomic mass is 35.5. The zero-order chi connectivity index (χ0) is 20.9. The van der Waals surface area contributed by atoms with Crippen LogP contribution in [0.5, 0.6) is 11.5 Å². The molecule has 0 fully saturated rings. The lowest BCUT2D eigenvalue weighted by Gasteiger charge is -2.36. The van der Waals surface area contributed by atoms with E-state index in [4.69, 9.17) is 32.7 Å². The number of rotatable bonds is 3. The Kier molecular flexibility index (Phi) is 4.60. The molecule has 1 aromatic heterocycles. The van der Waals surface area contributed by atoms with Crippen molar-refractivity contribution in [2.75, 3.05) is 13.3 Å². The second kappa shape index (κ2) is 7.49. The highest BCUT2D eigenvalue weighted by Gasteiger charge is 2.34. The third kappa shape index (κ3) is 3.26. The molecule has 0 aliphatic carbocycles. The predicted octanol–water partition coefficient (Wildman–Crippen LogP) is 6.35. The molecule has 156 valence electrons. The van der Waals surface area contributed by atoms with Crippen LogP contribution in [-0.2, 0) is 13.0 Å². The standard InChI is InChI=1S/C25H20Cl2N2O2/c26-16-6-7-21-18(10-16)17-8-9-29(13-15-4-2-1-3-5-15)25(24(17)28-21)19-11-22-23(12-20(19)27)31-14-30-22/h1-7,10-12,25,28H,8-9,13-14H2. The van der Waals surface area contributed by atoms with E-state index in [1.165, 1.54) is 22.2 Å². The van der Waals surface area contributed by atoms with Gasteiger partial charge >= 0.3 is 0 Å². The maximum absolute atomic E-state index is 6.80. The van der Waals surface area contributed by atoms with Crippen molar-refractivity contribution in [3.63, 3.8) is 0 Å². The number of benzene rings is 3. The molecule has 6 rings (SSSR count). The van der Waals surface area contributed by atoms with Gasteiger partial charge in [-0.1, -0.05) is 53.5 Å². The van der Waals surface area contributed by atoms with Gasteiger partial charge in [0.2, 0.25) is 6.79 Å². The minimum Gasteiger partial charge on any atom is -0.454 e. The molecule has 0 saturated carbocycles. The highest BCUT2D eigenvalue weighted by Crippen LogP contribution is 2.45. The number of fused-ring (bicyclic) bond motifs is 4. The monoisotopic (exact) mass is 450 g/mol. The van der Waals surface area contributed by atoms with Crippen molar-refractivity contribution >= 4 is 34.1 Å². The molecular weight excluding hydrogens is 431 g/mol. The lowest BCUT2D eigenvalue weighted by molar-refractivity contribution is 0.173. The van der Waals surface area contributed by atoms with Crippen LogP contribution in [-0.4, -0.2) is 23.2 Å². The molecule has 4 aromatic rings. The summed E-state index contributed by atoms with van der Waals surface area (Å²) in [5.74, 6) is 1.44. The Labute approximate surface area is 190 Å². The number of aromatic nitrogens is 1. The van der Waals surface area contributed by atoms with Crippen LogP contribution >= 0.6 is 23.2 Å². The van der Waals surface area contributed by atoms with Crippen molar-refractivity contribution in [2.24, 2.45) is 0 Å². The molecule has 1 atom stereocenters. The van der Waals surface area contributed by atoms with Crippen molar-refractivity contribution in [1.29, 1.82) is 0 Å². The fraction of sp³-hybridized carbons (Fsp3) is 0.200. The van der Waals surface area contributed by atoms with Gasteiger partial charge in [-0.25, -0.2) is 0 Å². The van der Waals surface area contributed by atoms with E-state index in [1.54, 1.807) is 0 Å². The van der Waals surface area contributed by atoms with E-state index >= 15 is 0 Å². The number of hydrogen-bond donors (Lipinski definition) is 1. The van der Waals surface area contributed by atoms with Gasteiger partial charge in [-0.2, -0.15) is 0 Å². The van der Waals surface area contributed by atoms with Gasteiger partial charge in [-0.15, -0.1) is 0 Å². The fourth-order valence-electron chi connectivity index (χ4n) is 4.79. The predicted molar refractivity (Wildman–Crippen MR) is 123 cm³/mol. The molecular formula is C25H20Cl2N2O2. The van der Waals surface area contributed by atoms with Gasteiger partial charge in [0.25, 0.3) is 0 Å². The maximum Gasteiger partial charge on any atom is 0.231 e. The SMILES string of the molecule is Clc1ccc2[nH]c3c(c2c1)CCN(Cc1ccccc1)C3c1cc2c(cc1Cl)OCO2. The summed E-state index contributed by atoms with van der Waals surface area (Å²) in [5.41, 5.74) is 5.85. The number of ether oxygens (including phenoxy) is 2. The molecule has 0 spiro atoms. The van der Waals surface area contributed by atoms with Crippen molar-refractivity contribution in [2.45, 2.75) is 19.0 Å². The summed E-state index contributed by atoms with van der Waals surface area (Å²) < 4.78 is 11.2. The second-order valence-corrected chi connectivity index (χ2v) is 8.89. The van der Waals surface area contributed by atoms with Gasteiger partial charge in [-0.05, 0) is 47.4 Å². The molecule has 2 aliphatic rings. The fourth-order valence-corrected chi connectivity index (χ4v) is 5.22. The van der Waals surface area contributed by atoms with Gasteiger partial charge < -0.3 is 14.5 Å². The quantitative estimate of drug-likeness (QED) is 0.394. The third-order valence-electron chi connectivity index (χ3n) is 6.20. The third-order valence-corrected chi connectivity index (χ3v) is 6.77. The molecule has 1 unspecified atom stereocenters. The van der Waals surface area contributed by atoms with Crippen LogP contribution in [0.2, 0.25) is 10.0 Å². The normalized spacial score (nSPS) is 17.8. The van der Waals surface area contributed by atoms with Crippen LogP contribution in [0.4, 0.5) is 0 Å². The number of aromatic amines is 1. The number of nitrogens with one attached hydrogen (secondary N) is 1. The molecule has 3 heterocycles. The number of hydrogen-bond acceptors (Lipinski definition) is 3. The van der Waals surface area contributed by atoms with Gasteiger partial charge in [0.05, 0.1) is 6.04 Å². The summed E-state index contributed by atoms with van der Waals surface area (Å²) in [4.78, 5) is 6.14. The Balaban J connectivity index is 1.52. The zero-order valence-corrected chi connectivity index (χ0v) is 18.2. The number of H-pyrrole nitrogens is 1. The average Bonchev–Trinajstić information content (AvgIpc) is 3.37. The summed E-state index contributed by atoms with van der Waals surface area (Å²) in [7, 11) is 0. The van der Waals surface area contributed by atoms with Gasteiger partial charge in [0.15, 0.2) is 11.5 Å². The Morgan fingerprint density at radius 1 is 0.968 bits per heavy atom. The molecule has 0 radical (unpaired) electrons. The minimum atomic E-state index is -0.0304. The summed E-state index contributed by atoms with van der Waals surface area (Å²) in [6, 6.07) is 20.4. The Morgan fingerprint density at radius 3 is 2.61 bits per heavy atom. The van der Waals surface area contributed by atoms with E-state index in [2.05, 4.69) is 46.3 Å². The number of halogens is 2. The van der Waals surface area contributed by atoms with Crippen LogP contribution in [0, 0.1) is 0 Å². The molecule has 3 aromatic carbocycles. The molecule has 0 bridgehead atoms. The topological polar surface area (TPSA) is 37.5 Å². The van der Waals surface area contributed by atoms with Crippen LogP contribution in [0.1, 0.15) is 28.4 Å². The maximum atomic E-state index is 6.80. The first-order valence-electron chi connectivity index (χ1n) is 10.3.